The summed E-state index contributed by atoms with van der Waals surface area (Å²) in [6.45, 7) is 38.8. The van der Waals surface area contributed by atoms with Gasteiger partial charge in [-0.1, -0.05) is 219 Å². The maximum atomic E-state index is 2.72. The van der Waals surface area contributed by atoms with E-state index in [1.165, 1.54) is 130 Å². The average Bonchev–Trinajstić information content (AvgIpc) is 2.76. The van der Waals surface area contributed by atoms with E-state index in [1.807, 2.05) is 0 Å². The zero-order valence-electron chi connectivity index (χ0n) is 49.9. The average molecular weight is 1020 g/mol. The molecule has 0 aromatic heterocycles. The Labute approximate surface area is 469 Å². The van der Waals surface area contributed by atoms with Crippen LogP contribution in [-0.2, 0) is 37.9 Å². The first-order valence-corrected chi connectivity index (χ1v) is 29.3. The molecular weight excluding hydrogens is 940 g/mol. The van der Waals surface area contributed by atoms with Gasteiger partial charge in [0.15, 0.2) is 0 Å². The molecule has 0 amide bonds. The summed E-state index contributed by atoms with van der Waals surface area (Å²) < 4.78 is 0. The van der Waals surface area contributed by atoms with E-state index in [-0.39, 0.29) is 44.6 Å². The number of hydrogen-bond acceptors (Lipinski definition) is 2. The Morgan fingerprint density at radius 2 is 0.859 bits per heavy atom. The highest BCUT2D eigenvalue weighted by atomic mass is 15.2. The van der Waals surface area contributed by atoms with Crippen LogP contribution in [0.1, 0.15) is 185 Å². The van der Waals surface area contributed by atoms with Crippen LogP contribution in [0.5, 0.6) is 0 Å². The van der Waals surface area contributed by atoms with Crippen LogP contribution in [0, 0.1) is 6.92 Å². The Hall–Kier alpha value is -6.58. The first-order valence-electron chi connectivity index (χ1n) is 29.3. The van der Waals surface area contributed by atoms with Crippen molar-refractivity contribution in [3.63, 3.8) is 0 Å². The van der Waals surface area contributed by atoms with Crippen molar-refractivity contribution in [2.45, 2.75) is 174 Å². The summed E-state index contributed by atoms with van der Waals surface area (Å²) in [6.07, 6.45) is 4.68. The molecular formula is C75H83BN2. The van der Waals surface area contributed by atoms with E-state index in [4.69, 9.17) is 0 Å². The minimum absolute atomic E-state index is 0.0228. The third-order valence-electron chi connectivity index (χ3n) is 20.0. The van der Waals surface area contributed by atoms with Gasteiger partial charge in [0.1, 0.15) is 0 Å². The molecule has 12 rings (SSSR count). The van der Waals surface area contributed by atoms with E-state index in [0.717, 1.165) is 12.8 Å². The Morgan fingerprint density at radius 1 is 0.372 bits per heavy atom. The normalized spacial score (nSPS) is 17.6. The van der Waals surface area contributed by atoms with Crippen LogP contribution in [0.4, 0.5) is 34.1 Å². The summed E-state index contributed by atoms with van der Waals surface area (Å²) in [6, 6.07) is 64.6. The highest BCUT2D eigenvalue weighted by Crippen LogP contribution is 2.54. The van der Waals surface area contributed by atoms with Crippen LogP contribution in [0.15, 0.2) is 164 Å². The fourth-order valence-electron chi connectivity index (χ4n) is 14.4. The fourth-order valence-corrected chi connectivity index (χ4v) is 14.4. The number of rotatable bonds is 7. The van der Waals surface area contributed by atoms with Gasteiger partial charge in [0.05, 0.1) is 5.69 Å². The Kier molecular flexibility index (Phi) is 11.8. The van der Waals surface area contributed by atoms with Crippen molar-refractivity contribution in [3.05, 3.63) is 219 Å². The van der Waals surface area contributed by atoms with Gasteiger partial charge in [-0.2, -0.15) is 0 Å². The van der Waals surface area contributed by atoms with Crippen LogP contribution < -0.4 is 26.2 Å². The second kappa shape index (κ2) is 17.7. The smallest absolute Gasteiger partial charge is 0.252 e. The molecule has 0 N–H and O–H groups in total. The second-order valence-electron chi connectivity index (χ2n) is 28.9. The highest BCUT2D eigenvalue weighted by molar-refractivity contribution is 7.00. The zero-order valence-corrected chi connectivity index (χ0v) is 49.9. The monoisotopic (exact) mass is 1020 g/mol. The number of fused-ring (bicyclic) bond motifs is 6. The van der Waals surface area contributed by atoms with Gasteiger partial charge >= 0.3 is 0 Å². The van der Waals surface area contributed by atoms with Crippen LogP contribution in [0.3, 0.4) is 0 Å². The molecule has 2 nitrogen and oxygen atoms in total. The van der Waals surface area contributed by atoms with Gasteiger partial charge in [0.2, 0.25) is 0 Å². The Balaban J connectivity index is 1.20. The molecule has 2 heterocycles. The summed E-state index contributed by atoms with van der Waals surface area (Å²) in [5.41, 5.74) is 27.7. The predicted molar refractivity (Wildman–Crippen MR) is 337 cm³/mol. The quantitative estimate of drug-likeness (QED) is 0.147. The lowest BCUT2D eigenvalue weighted by Crippen LogP contribution is -2.62. The largest absolute Gasteiger partial charge is 0.311 e. The first kappa shape index (κ1) is 52.1. The molecule has 78 heavy (non-hydrogen) atoms. The second-order valence-corrected chi connectivity index (χ2v) is 28.9. The first-order chi connectivity index (χ1) is 36.7. The van der Waals surface area contributed by atoms with Crippen molar-refractivity contribution in [2.24, 2.45) is 0 Å². The molecule has 8 aromatic rings. The van der Waals surface area contributed by atoms with E-state index >= 15 is 0 Å². The highest BCUT2D eigenvalue weighted by Gasteiger charge is 2.48. The molecule has 0 saturated heterocycles. The van der Waals surface area contributed by atoms with Crippen molar-refractivity contribution in [2.75, 3.05) is 9.80 Å². The topological polar surface area (TPSA) is 6.48 Å². The molecule has 0 bridgehead atoms. The van der Waals surface area contributed by atoms with E-state index < -0.39 is 0 Å². The summed E-state index contributed by atoms with van der Waals surface area (Å²) in [7, 11) is 0. The summed E-state index contributed by atoms with van der Waals surface area (Å²) >= 11 is 0. The number of anilines is 6. The van der Waals surface area contributed by atoms with Crippen LogP contribution in [0.25, 0.3) is 11.1 Å². The molecule has 0 unspecified atom stereocenters. The number of aryl methyl sites for hydroxylation is 1. The van der Waals surface area contributed by atoms with Gasteiger partial charge < -0.3 is 9.80 Å². The van der Waals surface area contributed by atoms with Gasteiger partial charge in [0, 0.05) is 44.8 Å². The maximum absolute atomic E-state index is 2.72. The molecule has 8 aromatic carbocycles. The Bertz CT molecular complexity index is 3690. The molecule has 2 aliphatic carbocycles. The molecule has 0 spiro atoms. The van der Waals surface area contributed by atoms with E-state index in [1.54, 1.807) is 0 Å². The van der Waals surface area contributed by atoms with Gasteiger partial charge in [-0.15, -0.1) is 0 Å². The van der Waals surface area contributed by atoms with Crippen LogP contribution >= 0.6 is 0 Å². The van der Waals surface area contributed by atoms with Crippen molar-refractivity contribution < 1.29 is 0 Å². The standard InChI is InChI=1S/C75H83BN2/c1-48-40-66-68-67(41-48)78(63-34-30-53(74(13,14)50-25-19-17-20-26-50)43-56(63)49-24-23-29-52(42-49)69(2,3)4)64-35-31-54(75(15,16)51-27-21-18-22-28-51)44-61(64)76(68)62-46-59-60(73(11,12)39-38-72(59,9)10)47-65(62)77(66)55-32-33-57-58(45-55)71(7,8)37-36-70(57,5)6/h17-35,40-47H,36-39H2,1-16H3. The lowest BCUT2D eigenvalue weighted by molar-refractivity contribution is 0.332. The fraction of sp³-hybridized carbons (Fsp3) is 0.360. The molecule has 396 valence electrons. The van der Waals surface area contributed by atoms with Gasteiger partial charge in [-0.05, 0) is 186 Å². The number of benzene rings is 8. The van der Waals surface area contributed by atoms with E-state index in [9.17, 15) is 0 Å². The summed E-state index contributed by atoms with van der Waals surface area (Å²) in [5, 5.41) is 0. The van der Waals surface area contributed by atoms with Crippen LogP contribution in [0.2, 0.25) is 0 Å². The SMILES string of the molecule is Cc1cc2c3c(c1)N(c1ccc(C(C)(C)c4ccccc4)cc1-c1cccc(C(C)(C)C)c1)c1ccc(C(C)(C)c4ccccc4)cc1B3c1cc3c(cc1N2c1ccc2c(c1)C(C)(C)CCC2(C)C)C(C)(C)CCC3(C)C. The zero-order chi connectivity index (χ0) is 55.3. The summed E-state index contributed by atoms with van der Waals surface area (Å²) in [5.74, 6) is 0. The van der Waals surface area contributed by atoms with E-state index in [0.29, 0.717) is 0 Å². The van der Waals surface area contributed by atoms with Gasteiger partial charge in [0.25, 0.3) is 6.71 Å². The molecule has 0 fully saturated rings. The third kappa shape index (κ3) is 8.26. The van der Waals surface area contributed by atoms with E-state index in [2.05, 4.69) is 284 Å². The number of nitrogens with zero attached hydrogens (tertiary/aromatic N) is 2. The Morgan fingerprint density at radius 3 is 1.44 bits per heavy atom. The number of hydrogen-bond donors (Lipinski definition) is 0. The van der Waals surface area contributed by atoms with Crippen molar-refractivity contribution in [3.8, 4) is 11.1 Å². The van der Waals surface area contributed by atoms with Crippen molar-refractivity contribution in [1.29, 1.82) is 0 Å². The molecule has 2 aliphatic heterocycles. The lowest BCUT2D eigenvalue weighted by Gasteiger charge is -2.48. The van der Waals surface area contributed by atoms with Crippen molar-refractivity contribution >= 4 is 57.2 Å². The maximum Gasteiger partial charge on any atom is 0.252 e. The molecule has 0 atom stereocenters. The molecule has 4 aliphatic rings. The molecule has 3 heteroatoms. The predicted octanol–water partition coefficient (Wildman–Crippen LogP) is 18.4. The molecule has 0 saturated carbocycles. The van der Waals surface area contributed by atoms with Gasteiger partial charge in [-0.3, -0.25) is 0 Å². The minimum Gasteiger partial charge on any atom is -0.311 e. The lowest BCUT2D eigenvalue weighted by atomic mass is 9.33. The van der Waals surface area contributed by atoms with Crippen LogP contribution in [-0.4, -0.2) is 6.71 Å². The molecule has 0 radical (unpaired) electrons. The van der Waals surface area contributed by atoms with Gasteiger partial charge in [-0.25, -0.2) is 0 Å². The third-order valence-corrected chi connectivity index (χ3v) is 20.0. The minimum atomic E-state index is -0.254. The summed E-state index contributed by atoms with van der Waals surface area (Å²) in [4.78, 5) is 5.40. The van der Waals surface area contributed by atoms with Crippen molar-refractivity contribution in [1.82, 2.24) is 0 Å².